The lowest BCUT2D eigenvalue weighted by Gasteiger charge is -2.18. The number of Topliss-reactive ketones (excluding diaryl/α,β-unsaturated/α-hetero) is 4. The molecule has 0 heterocycles. The van der Waals surface area contributed by atoms with Gasteiger partial charge in [-0.1, -0.05) is 32.8 Å². The number of carbonyl (C=O) groups excluding carboxylic acids is 8. The van der Waals surface area contributed by atoms with Crippen molar-refractivity contribution in [3.63, 3.8) is 0 Å². The van der Waals surface area contributed by atoms with Gasteiger partial charge in [-0.3, -0.25) is 53.3 Å². The predicted molar refractivity (Wildman–Crippen MR) is 382 cm³/mol. The topological polar surface area (TPSA) is 397 Å². The number of ether oxygens (including phenoxy) is 4. The summed E-state index contributed by atoms with van der Waals surface area (Å²) in [5.74, 6) is -0.768. The van der Waals surface area contributed by atoms with Crippen molar-refractivity contribution in [3.8, 4) is 23.0 Å². The van der Waals surface area contributed by atoms with Crippen molar-refractivity contribution in [3.05, 3.63) is 101 Å². The van der Waals surface area contributed by atoms with Crippen LogP contribution in [0, 0.1) is 17.8 Å². The maximum Gasteiger partial charge on any atom is 0.243 e. The number of nitrogens with two attached hydrogens (primary N) is 5. The van der Waals surface area contributed by atoms with E-state index in [9.17, 15) is 43.5 Å². The molecule has 4 aromatic rings. The molecule has 0 spiro atoms. The van der Waals surface area contributed by atoms with E-state index in [-0.39, 0.29) is 77.7 Å². The molecule has 0 aromatic heterocycles. The van der Waals surface area contributed by atoms with E-state index in [1.54, 1.807) is 60.7 Å². The van der Waals surface area contributed by atoms with E-state index in [0.717, 1.165) is 31.2 Å². The third-order valence-corrected chi connectivity index (χ3v) is 16.8. The highest BCUT2D eigenvalue weighted by Gasteiger charge is 2.26. The SMILES string of the molecule is CCCCC(N)=NCCCC(CCCC(=O)c1cc(CCCC(=O)C(CCCN=C(N)N)CCCC(=O)c2cc(NC(=O)C(CCCN=C(N)CCCC)CCCC(=O)c3cc(NC(=O)C(N)CO)ccc3OC)ccc2OC)ccc1OC)C(=O)Nc1ccc(OC)c(C=O)c1. The summed E-state index contributed by atoms with van der Waals surface area (Å²) < 4.78 is 22.0. The number of aldehydes is 1. The van der Waals surface area contributed by atoms with Crippen LogP contribution in [0.4, 0.5) is 17.1 Å². The number of aliphatic imine (C=N–C) groups is 3. The second-order valence-electron chi connectivity index (χ2n) is 24.2. The van der Waals surface area contributed by atoms with Crippen molar-refractivity contribution < 1.29 is 62.4 Å². The molecule has 4 aromatic carbocycles. The Balaban J connectivity index is 1.42. The number of hydrogen-bond donors (Lipinski definition) is 9. The minimum absolute atomic E-state index is 0.0243. The normalized spacial score (nSPS) is 12.7. The molecule has 14 N–H and O–H groups in total. The quantitative estimate of drug-likeness (QED) is 0.00652. The summed E-state index contributed by atoms with van der Waals surface area (Å²) in [7, 11) is 5.85. The molecule has 97 heavy (non-hydrogen) atoms. The first-order chi connectivity index (χ1) is 46.7. The number of aryl methyl sites for hydroxylation is 1. The summed E-state index contributed by atoms with van der Waals surface area (Å²) in [6, 6.07) is 18.6. The molecular formula is C73H105N11O13. The zero-order chi connectivity index (χ0) is 71.1. The Kier molecular flexibility index (Phi) is 37.0. The number of methoxy groups -OCH3 is 4. The van der Waals surface area contributed by atoms with E-state index in [1.165, 1.54) is 34.5 Å². The standard InChI is InChI=1S/C73H105N11O13/c1-7-9-29-68(75)79-39-16-23-50(70(91)82-53-32-36-64(94-3)52(43-53)46-85)20-13-27-61(88)56-42-48(31-35-65(56)95-4)18-11-25-60(87)49(22-15-41-81-73(77)78)19-12-26-62(89)57-44-54(33-37-66(57)96-5)83-71(92)51(24-17-40-80-69(76)30-10-8-2)21-14-28-63(90)58-45-55(34-38-67(58)97-6)84-72(93)59(74)47-86/h31-38,42-46,49-51,59,86H,7-30,39-41,47,74H2,1-6H3,(H2,75,79)(H2,76,80)(H,82,91)(H,83,92)(H,84,93)(H4,77,78,81). The van der Waals surface area contributed by atoms with Crippen molar-refractivity contribution in [1.29, 1.82) is 0 Å². The number of nitrogens with one attached hydrogen (secondary N) is 3. The molecule has 0 saturated heterocycles. The van der Waals surface area contributed by atoms with E-state index < -0.39 is 36.3 Å². The highest BCUT2D eigenvalue weighted by molar-refractivity contribution is 6.03. The molecule has 0 radical (unpaired) electrons. The Labute approximate surface area is 571 Å². The molecule has 530 valence electrons. The molecule has 0 bridgehead atoms. The average Bonchev–Trinajstić information content (AvgIpc) is 0.935. The second-order valence-corrected chi connectivity index (χ2v) is 24.2. The summed E-state index contributed by atoms with van der Waals surface area (Å²) in [4.78, 5) is 121. The summed E-state index contributed by atoms with van der Waals surface area (Å²) in [5, 5.41) is 17.9. The first-order valence-electron chi connectivity index (χ1n) is 33.9. The van der Waals surface area contributed by atoms with Gasteiger partial charge in [0.05, 0.1) is 69.0 Å². The average molecular weight is 1340 g/mol. The number of aliphatic hydroxyl groups excluding tert-OH is 1. The molecular weight excluding hydrogens is 1240 g/mol. The maximum atomic E-state index is 14.2. The van der Waals surface area contributed by atoms with Crippen LogP contribution in [0.5, 0.6) is 23.0 Å². The molecule has 4 atom stereocenters. The Morgan fingerprint density at radius 2 is 0.856 bits per heavy atom. The number of amidine groups is 2. The van der Waals surface area contributed by atoms with E-state index in [1.807, 2.05) is 6.07 Å². The van der Waals surface area contributed by atoms with Gasteiger partial charge in [-0.25, -0.2) is 0 Å². The van der Waals surface area contributed by atoms with Gasteiger partial charge in [-0.15, -0.1) is 0 Å². The highest BCUT2D eigenvalue weighted by atomic mass is 16.5. The van der Waals surface area contributed by atoms with E-state index >= 15 is 0 Å². The molecule has 4 unspecified atom stereocenters. The minimum atomic E-state index is -1.15. The Hall–Kier alpha value is -9.03. The zero-order valence-corrected chi connectivity index (χ0v) is 57.7. The smallest absolute Gasteiger partial charge is 0.243 e. The lowest BCUT2D eigenvalue weighted by atomic mass is 9.88. The van der Waals surface area contributed by atoms with Gasteiger partial charge in [0.15, 0.2) is 29.6 Å². The van der Waals surface area contributed by atoms with Crippen LogP contribution in [0.25, 0.3) is 0 Å². The van der Waals surface area contributed by atoms with Crippen LogP contribution in [0.1, 0.15) is 209 Å². The fraction of sp³-hybridized carbons (Fsp3) is 0.521. The second kappa shape index (κ2) is 44.7. The number of anilines is 3. The minimum Gasteiger partial charge on any atom is -0.496 e. The highest BCUT2D eigenvalue weighted by Crippen LogP contribution is 2.31. The fourth-order valence-corrected chi connectivity index (χ4v) is 11.3. The van der Waals surface area contributed by atoms with Crippen LogP contribution >= 0.6 is 0 Å². The van der Waals surface area contributed by atoms with E-state index in [4.69, 9.17) is 47.6 Å². The maximum absolute atomic E-state index is 14.2. The van der Waals surface area contributed by atoms with Crippen molar-refractivity contribution in [1.82, 2.24) is 0 Å². The van der Waals surface area contributed by atoms with Crippen molar-refractivity contribution in [2.24, 2.45) is 61.4 Å². The molecule has 0 saturated carbocycles. The number of benzene rings is 4. The van der Waals surface area contributed by atoms with Gasteiger partial charge in [-0.2, -0.15) is 0 Å². The summed E-state index contributed by atoms with van der Waals surface area (Å²) >= 11 is 0. The number of aliphatic hydroxyl groups is 1. The number of ketones is 4. The number of hydrogen-bond acceptors (Lipinski definition) is 17. The number of guanidine groups is 1. The third-order valence-electron chi connectivity index (χ3n) is 16.8. The third kappa shape index (κ3) is 28.7. The number of unbranched alkanes of at least 4 members (excludes halogenated alkanes) is 2. The molecule has 4 rings (SSSR count). The molecule has 0 fully saturated rings. The van der Waals surface area contributed by atoms with Gasteiger partial charge in [0.2, 0.25) is 17.7 Å². The predicted octanol–water partition coefficient (Wildman–Crippen LogP) is 10.3. The molecule has 24 nitrogen and oxygen atoms in total. The number of nitrogens with zero attached hydrogens (tertiary/aromatic N) is 3. The van der Waals surface area contributed by atoms with Crippen molar-refractivity contribution >= 4 is 81.8 Å². The van der Waals surface area contributed by atoms with Crippen LogP contribution in [-0.2, 0) is 25.6 Å². The van der Waals surface area contributed by atoms with Crippen LogP contribution in [0.2, 0.25) is 0 Å². The van der Waals surface area contributed by atoms with Crippen LogP contribution in [0.3, 0.4) is 0 Å². The number of carbonyl (C=O) groups is 8. The van der Waals surface area contributed by atoms with Crippen LogP contribution in [-0.4, -0.2) is 131 Å². The molecule has 3 amide bonds. The van der Waals surface area contributed by atoms with Gasteiger partial charge in [0.25, 0.3) is 0 Å². The van der Waals surface area contributed by atoms with Crippen molar-refractivity contribution in [2.45, 2.75) is 174 Å². The van der Waals surface area contributed by atoms with Crippen LogP contribution in [0.15, 0.2) is 87.8 Å². The van der Waals surface area contributed by atoms with Gasteiger partial charge in [0, 0.05) is 93.0 Å². The first-order valence-corrected chi connectivity index (χ1v) is 33.9. The monoisotopic (exact) mass is 1340 g/mol. The molecule has 24 heteroatoms. The van der Waals surface area contributed by atoms with Gasteiger partial charge >= 0.3 is 0 Å². The summed E-state index contributed by atoms with van der Waals surface area (Å²) in [6.07, 6.45) is 12.7. The summed E-state index contributed by atoms with van der Waals surface area (Å²) in [5.41, 5.74) is 32.3. The molecule has 0 aliphatic rings. The van der Waals surface area contributed by atoms with Gasteiger partial charge < -0.3 is 68.7 Å². The lowest BCUT2D eigenvalue weighted by molar-refractivity contribution is -0.123. The van der Waals surface area contributed by atoms with Gasteiger partial charge in [0.1, 0.15) is 34.8 Å². The largest absolute Gasteiger partial charge is 0.496 e. The van der Waals surface area contributed by atoms with E-state index in [0.29, 0.717) is 192 Å². The lowest BCUT2D eigenvalue weighted by Crippen LogP contribution is -2.38. The number of rotatable bonds is 50. The Morgan fingerprint density at radius 1 is 0.464 bits per heavy atom. The fourth-order valence-electron chi connectivity index (χ4n) is 11.3. The van der Waals surface area contributed by atoms with Gasteiger partial charge in [-0.05, 0) is 175 Å². The number of amides is 3. The first kappa shape index (κ1) is 80.4. The van der Waals surface area contributed by atoms with E-state index in [2.05, 4.69) is 44.8 Å². The zero-order valence-electron chi connectivity index (χ0n) is 57.7. The van der Waals surface area contributed by atoms with Crippen molar-refractivity contribution in [2.75, 3.05) is 70.6 Å². The Bertz CT molecular complexity index is 3310. The Morgan fingerprint density at radius 3 is 1.29 bits per heavy atom. The molecule has 0 aliphatic carbocycles. The summed E-state index contributed by atoms with van der Waals surface area (Å²) in [6.45, 7) is 4.80. The van der Waals surface area contributed by atoms with Crippen LogP contribution < -0.4 is 63.6 Å². The molecule has 0 aliphatic heterocycles.